The zero-order valence-electron chi connectivity index (χ0n) is 10.4. The highest BCUT2D eigenvalue weighted by Gasteiger charge is 1.89. The molecule has 0 aliphatic rings. The third-order valence-electron chi connectivity index (χ3n) is 2.01. The number of allylic oxidation sites excluding steroid dienone is 1. The summed E-state index contributed by atoms with van der Waals surface area (Å²) in [5, 5.41) is 0. The monoisotopic (exact) mass is 170 g/mol. The Morgan fingerprint density at radius 1 is 1.08 bits per heavy atom. The lowest BCUT2D eigenvalue weighted by Crippen LogP contribution is -1.79. The van der Waals surface area contributed by atoms with E-state index in [4.69, 9.17) is 2.74 Å². The van der Waals surface area contributed by atoms with Gasteiger partial charge in [-0.05, 0) is 12.8 Å². The predicted molar refractivity (Wildman–Crippen MR) is 57.4 cm³/mol. The summed E-state index contributed by atoms with van der Waals surface area (Å²) < 4.78 is 15.1. The Hall–Kier alpha value is -0.260. The minimum Gasteiger partial charge on any atom is -0.103 e. The Morgan fingerprint density at radius 2 is 1.67 bits per heavy atom. The van der Waals surface area contributed by atoms with E-state index in [9.17, 15) is 0 Å². The second-order valence-corrected chi connectivity index (χ2v) is 3.20. The molecule has 0 aliphatic carbocycles. The average Bonchev–Trinajstić information content (AvgIpc) is 2.16. The van der Waals surface area contributed by atoms with Crippen LogP contribution in [0.2, 0.25) is 0 Å². The van der Waals surface area contributed by atoms with Gasteiger partial charge in [-0.1, -0.05) is 57.9 Å². The molecule has 0 fully saturated rings. The van der Waals surface area contributed by atoms with Crippen molar-refractivity contribution >= 4 is 0 Å². The second kappa shape index (κ2) is 10.7. The second-order valence-electron chi connectivity index (χ2n) is 3.20. The van der Waals surface area contributed by atoms with Crippen LogP contribution >= 0.6 is 0 Å². The van der Waals surface area contributed by atoms with Gasteiger partial charge in [0, 0.05) is 2.74 Å². The molecule has 0 N–H and O–H groups in total. The molecular formula is C12H24. The molecule has 0 heteroatoms. The van der Waals surface area contributed by atoms with Crippen LogP contribution in [0.25, 0.3) is 0 Å². The summed E-state index contributed by atoms with van der Waals surface area (Å²) in [6, 6.07) is 0. The Kier molecular flexibility index (Phi) is 7.47. The van der Waals surface area contributed by atoms with E-state index < -0.39 is 6.37 Å². The van der Waals surface area contributed by atoms with E-state index in [1.54, 1.807) is 0 Å². The van der Waals surface area contributed by atoms with Crippen LogP contribution in [0.1, 0.15) is 67.4 Å². The number of unbranched alkanes of at least 4 members (excludes halogenated alkanes) is 5. The molecule has 12 heavy (non-hydrogen) atoms. The van der Waals surface area contributed by atoms with E-state index in [0.29, 0.717) is 6.42 Å². The van der Waals surface area contributed by atoms with Gasteiger partial charge in [0.25, 0.3) is 0 Å². The van der Waals surface area contributed by atoms with Gasteiger partial charge in [-0.25, -0.2) is 0 Å². The highest BCUT2D eigenvalue weighted by molar-refractivity contribution is 4.65. The summed E-state index contributed by atoms with van der Waals surface area (Å²) in [4.78, 5) is 0. The van der Waals surface area contributed by atoms with Gasteiger partial charge in [-0.15, -0.1) is 6.58 Å². The molecule has 0 atom stereocenters. The maximum absolute atomic E-state index is 7.57. The molecule has 0 bridgehead atoms. The molecule has 0 aromatic rings. The molecule has 72 valence electrons. The minimum absolute atomic E-state index is 0.642. The van der Waals surface area contributed by atoms with Gasteiger partial charge >= 0.3 is 0 Å². The normalized spacial score (nSPS) is 13.8. The summed E-state index contributed by atoms with van der Waals surface area (Å²) in [5.41, 5.74) is 0. The molecule has 0 saturated carbocycles. The van der Waals surface area contributed by atoms with Crippen molar-refractivity contribution in [3.63, 3.8) is 0 Å². The molecule has 0 unspecified atom stereocenters. The van der Waals surface area contributed by atoms with Gasteiger partial charge in [0.1, 0.15) is 0 Å². The van der Waals surface area contributed by atoms with Gasteiger partial charge in [0.15, 0.2) is 0 Å². The van der Waals surface area contributed by atoms with Gasteiger partial charge in [-0.2, -0.15) is 0 Å². The van der Waals surface area contributed by atoms with E-state index >= 15 is 0 Å². The average molecular weight is 170 g/mol. The number of rotatable bonds is 9. The first-order valence-electron chi connectivity index (χ1n) is 6.23. The molecule has 0 aromatic carbocycles. The van der Waals surface area contributed by atoms with Crippen molar-refractivity contribution in [2.45, 2.75) is 64.7 Å². The van der Waals surface area contributed by atoms with Gasteiger partial charge in [0.05, 0.1) is 0 Å². The maximum Gasteiger partial charge on any atom is 0.0266 e. The van der Waals surface area contributed by atoms with E-state index in [2.05, 4.69) is 6.58 Å². The summed E-state index contributed by atoms with van der Waals surface area (Å²) in [5.74, 6) is 0. The lowest BCUT2D eigenvalue weighted by atomic mass is 10.1. The van der Waals surface area contributed by atoms with Crippen molar-refractivity contribution < 1.29 is 2.74 Å². The lowest BCUT2D eigenvalue weighted by Gasteiger charge is -1.99. The predicted octanol–water partition coefficient (Wildman–Crippen LogP) is 4.70. The van der Waals surface area contributed by atoms with Crippen molar-refractivity contribution in [2.75, 3.05) is 0 Å². The Balaban J connectivity index is 3.17. The fraction of sp³-hybridized carbons (Fsp3) is 0.833. The smallest absolute Gasteiger partial charge is 0.0266 e. The molecular weight excluding hydrogens is 144 g/mol. The zero-order chi connectivity index (χ0) is 10.9. The molecule has 0 aliphatic heterocycles. The van der Waals surface area contributed by atoms with E-state index in [0.717, 1.165) is 19.3 Å². The first-order chi connectivity index (χ1) is 6.62. The van der Waals surface area contributed by atoms with E-state index in [1.807, 2.05) is 13.0 Å². The van der Waals surface area contributed by atoms with Crippen LogP contribution in [0.4, 0.5) is 0 Å². The Labute approximate surface area is 80.9 Å². The Morgan fingerprint density at radius 3 is 2.25 bits per heavy atom. The number of hydrogen-bond donors (Lipinski definition) is 0. The van der Waals surface area contributed by atoms with Crippen LogP contribution in [0, 0.1) is 0 Å². The largest absolute Gasteiger partial charge is 0.103 e. The molecule has 0 saturated heterocycles. The van der Waals surface area contributed by atoms with Crippen LogP contribution in [-0.2, 0) is 0 Å². The zero-order valence-corrected chi connectivity index (χ0v) is 8.44. The molecule has 0 heterocycles. The first kappa shape index (κ1) is 8.34. The topological polar surface area (TPSA) is 0 Å². The standard InChI is InChI=1S/C12H24/c1-3-5-7-9-11-12-10-8-6-4-2/h3H,1,4-12H2,2H3/i6D2. The van der Waals surface area contributed by atoms with E-state index in [-0.39, 0.29) is 0 Å². The van der Waals surface area contributed by atoms with Gasteiger partial charge in [0.2, 0.25) is 0 Å². The van der Waals surface area contributed by atoms with Crippen LogP contribution < -0.4 is 0 Å². The highest BCUT2D eigenvalue weighted by Crippen LogP contribution is 2.09. The molecule has 0 nitrogen and oxygen atoms in total. The lowest BCUT2D eigenvalue weighted by molar-refractivity contribution is 0.578. The quantitative estimate of drug-likeness (QED) is 0.347. The first-order valence-corrected chi connectivity index (χ1v) is 5.23. The van der Waals surface area contributed by atoms with Gasteiger partial charge in [-0.3, -0.25) is 0 Å². The SMILES string of the molecule is [2H]C([2H])(CC)CCCCCCCC=C. The van der Waals surface area contributed by atoms with Crippen molar-refractivity contribution in [2.24, 2.45) is 0 Å². The summed E-state index contributed by atoms with van der Waals surface area (Å²) in [6.45, 7) is 5.61. The Bertz CT molecular complexity index is 141. The van der Waals surface area contributed by atoms with Crippen molar-refractivity contribution in [3.8, 4) is 0 Å². The molecule has 0 spiro atoms. The van der Waals surface area contributed by atoms with Gasteiger partial charge < -0.3 is 0 Å². The van der Waals surface area contributed by atoms with Crippen LogP contribution in [0.15, 0.2) is 12.7 Å². The van der Waals surface area contributed by atoms with Crippen LogP contribution in [0.3, 0.4) is 0 Å². The maximum atomic E-state index is 7.57. The fourth-order valence-corrected chi connectivity index (χ4v) is 1.25. The molecule has 0 radical (unpaired) electrons. The highest BCUT2D eigenvalue weighted by atomic mass is 14.0. The third kappa shape index (κ3) is 9.74. The summed E-state index contributed by atoms with van der Waals surface area (Å²) in [7, 11) is 0. The van der Waals surface area contributed by atoms with Crippen molar-refractivity contribution in [1.29, 1.82) is 0 Å². The summed E-state index contributed by atoms with van der Waals surface area (Å²) >= 11 is 0. The van der Waals surface area contributed by atoms with E-state index in [1.165, 1.54) is 25.7 Å². The molecule has 0 aromatic heterocycles. The minimum atomic E-state index is -0.929. The third-order valence-corrected chi connectivity index (χ3v) is 2.01. The van der Waals surface area contributed by atoms with Crippen LogP contribution in [0.5, 0.6) is 0 Å². The van der Waals surface area contributed by atoms with Crippen molar-refractivity contribution in [3.05, 3.63) is 12.7 Å². The molecule has 0 rings (SSSR count). The fourth-order valence-electron chi connectivity index (χ4n) is 1.25. The molecule has 0 amide bonds. The van der Waals surface area contributed by atoms with Crippen molar-refractivity contribution in [1.82, 2.24) is 0 Å². The van der Waals surface area contributed by atoms with Crippen LogP contribution in [-0.4, -0.2) is 0 Å². The summed E-state index contributed by atoms with van der Waals surface area (Å²) in [6.07, 6.45) is 9.49. The number of hydrogen-bond acceptors (Lipinski definition) is 0.